The fourth-order valence-corrected chi connectivity index (χ4v) is 3.67. The van der Waals surface area contributed by atoms with Crippen LogP contribution in [0, 0.1) is 13.8 Å². The molecular weight excluding hydrogens is 454 g/mol. The maximum atomic E-state index is 5.68. The Balaban J connectivity index is 0.000000463. The van der Waals surface area contributed by atoms with Crippen molar-refractivity contribution >= 4 is 32.4 Å². The number of aromatic nitrogens is 3. The lowest BCUT2D eigenvalue weighted by molar-refractivity contribution is 0.374. The zero-order chi connectivity index (χ0) is 27.2. The Morgan fingerprint density at radius 2 is 1.37 bits per heavy atom. The third-order valence-electron chi connectivity index (χ3n) is 5.30. The van der Waals surface area contributed by atoms with E-state index in [-0.39, 0.29) is 0 Å². The predicted octanol–water partition coefficient (Wildman–Crippen LogP) is 8.87. The van der Waals surface area contributed by atoms with Gasteiger partial charge in [-0.3, -0.25) is 0 Å². The number of aryl methyl sites for hydroxylation is 3. The Labute approximate surface area is 215 Å². The highest BCUT2D eigenvalue weighted by atomic mass is 32.3. The van der Waals surface area contributed by atoms with Crippen LogP contribution in [0.15, 0.2) is 52.9 Å². The zero-order valence-electron chi connectivity index (χ0n) is 24.4. The van der Waals surface area contributed by atoms with Gasteiger partial charge in [0.15, 0.2) is 11.5 Å². The summed E-state index contributed by atoms with van der Waals surface area (Å²) in [7, 11) is 1.18. The van der Waals surface area contributed by atoms with Gasteiger partial charge in [-0.25, -0.2) is 9.97 Å². The van der Waals surface area contributed by atoms with Gasteiger partial charge in [0.05, 0.1) is 17.6 Å². The first-order valence-electron chi connectivity index (χ1n) is 12.5. The molecule has 2 aromatic carbocycles. The molecule has 0 spiro atoms. The summed E-state index contributed by atoms with van der Waals surface area (Å²) in [5.74, 6) is 1.78. The van der Waals surface area contributed by atoms with E-state index in [1.807, 2.05) is 91.1 Å². The summed E-state index contributed by atoms with van der Waals surface area (Å²) in [6.07, 6.45) is 4.44. The second-order valence-corrected chi connectivity index (χ2v) is 12.6. The molecule has 0 fully saturated rings. The number of fused-ring (bicyclic) bond motifs is 2. The second-order valence-electron chi connectivity index (χ2n) is 8.66. The van der Waals surface area contributed by atoms with E-state index in [9.17, 15) is 0 Å². The summed E-state index contributed by atoms with van der Waals surface area (Å²) in [5.41, 5.74) is 4.07. The van der Waals surface area contributed by atoms with Gasteiger partial charge in [0.25, 0.3) is 0 Å². The normalized spacial score (nSPS) is 11.1. The number of hydrogen-bond acceptors (Lipinski definition) is 4. The van der Waals surface area contributed by atoms with Gasteiger partial charge in [-0.05, 0) is 50.6 Å². The minimum Gasteiger partial charge on any atom is -0.441 e. The quantitative estimate of drug-likeness (QED) is 0.274. The molecule has 0 saturated heterocycles. The first kappa shape index (κ1) is 32.7. The Morgan fingerprint density at radius 3 is 1.83 bits per heavy atom. The molecule has 35 heavy (non-hydrogen) atoms. The van der Waals surface area contributed by atoms with Crippen LogP contribution in [0.5, 0.6) is 0 Å². The highest BCUT2D eigenvalue weighted by Crippen LogP contribution is 2.53. The molecule has 0 bridgehead atoms. The zero-order valence-corrected chi connectivity index (χ0v) is 25.2. The van der Waals surface area contributed by atoms with Crippen molar-refractivity contribution < 1.29 is 8.60 Å². The van der Waals surface area contributed by atoms with E-state index in [4.69, 9.17) is 8.60 Å². The lowest BCUT2D eigenvalue weighted by Gasteiger charge is -2.43. The molecule has 0 radical (unpaired) electrons. The number of para-hydroxylation sites is 4. The van der Waals surface area contributed by atoms with Gasteiger partial charge in [0.2, 0.25) is 0 Å². The SMILES string of the molecule is CC.CC.CCOS(C)(C)C(C)(C)C.Cc1nc2ccccc2n1C.Cc1nc2ccccc2o1. The third-order valence-corrected chi connectivity index (χ3v) is 9.07. The maximum absolute atomic E-state index is 5.68. The highest BCUT2D eigenvalue weighted by Gasteiger charge is 2.27. The molecule has 4 rings (SSSR count). The summed E-state index contributed by atoms with van der Waals surface area (Å²) < 4.78 is 13.3. The Hall–Kier alpha value is -2.31. The van der Waals surface area contributed by atoms with Crippen LogP contribution in [0.4, 0.5) is 0 Å². The van der Waals surface area contributed by atoms with Crippen molar-refractivity contribution in [3.05, 3.63) is 60.2 Å². The molecule has 2 heterocycles. The van der Waals surface area contributed by atoms with E-state index in [1.165, 1.54) is 5.52 Å². The molecule has 198 valence electrons. The average molecular weight is 504 g/mol. The number of imidazole rings is 1. The number of oxazole rings is 1. The van der Waals surface area contributed by atoms with Crippen LogP contribution in [-0.4, -0.2) is 38.4 Å². The smallest absolute Gasteiger partial charge is 0.192 e. The van der Waals surface area contributed by atoms with E-state index in [1.54, 1.807) is 0 Å². The van der Waals surface area contributed by atoms with Gasteiger partial charge >= 0.3 is 0 Å². The summed E-state index contributed by atoms with van der Waals surface area (Å²) >= 11 is 0. The van der Waals surface area contributed by atoms with Gasteiger partial charge in [-0.15, -0.1) is 10.3 Å². The molecule has 6 heteroatoms. The minimum absolute atomic E-state index is 0.309. The van der Waals surface area contributed by atoms with Crippen molar-refractivity contribution in [3.8, 4) is 0 Å². The molecule has 4 aromatic rings. The number of rotatable bonds is 2. The van der Waals surface area contributed by atoms with E-state index in [0.717, 1.165) is 34.9 Å². The molecule has 0 N–H and O–H groups in total. The van der Waals surface area contributed by atoms with Gasteiger partial charge in [-0.1, -0.05) is 72.7 Å². The lowest BCUT2D eigenvalue weighted by atomic mass is 10.3. The summed E-state index contributed by atoms with van der Waals surface area (Å²) in [6.45, 7) is 21.5. The molecule has 5 nitrogen and oxygen atoms in total. The van der Waals surface area contributed by atoms with E-state index in [0.29, 0.717) is 4.75 Å². The molecule has 0 saturated carbocycles. The monoisotopic (exact) mass is 503 g/mol. The fraction of sp³-hybridized carbons (Fsp3) is 0.517. The third kappa shape index (κ3) is 10.1. The van der Waals surface area contributed by atoms with Crippen LogP contribution in [-0.2, 0) is 11.2 Å². The van der Waals surface area contributed by atoms with Crippen LogP contribution < -0.4 is 0 Å². The molecule has 0 aliphatic carbocycles. The van der Waals surface area contributed by atoms with Crippen molar-refractivity contribution in [1.29, 1.82) is 0 Å². The summed E-state index contributed by atoms with van der Waals surface area (Å²) in [6, 6.07) is 15.9. The van der Waals surface area contributed by atoms with Crippen molar-refractivity contribution in [2.75, 3.05) is 19.1 Å². The standard InChI is InChI=1S/C9H10N2.C8H7NO.C8H20OS.2C2H6/c1-7-10-8-5-3-4-6-9(8)11(7)2;1-6-9-7-4-2-3-5-8(7)10-6;1-7-9-10(5,6)8(2,3)4;2*1-2/h3-6H,1-2H3;2-5H,1H3;7H2,1-6H3;2*1-2H3. The van der Waals surface area contributed by atoms with Crippen LogP contribution >= 0.6 is 10.3 Å². The molecule has 0 atom stereocenters. The Kier molecular flexibility index (Phi) is 14.6. The molecular formula is C29H49N3O2S. The van der Waals surface area contributed by atoms with Crippen LogP contribution in [0.3, 0.4) is 0 Å². The maximum Gasteiger partial charge on any atom is 0.192 e. The molecule has 0 amide bonds. The van der Waals surface area contributed by atoms with E-state index >= 15 is 0 Å². The molecule has 2 aromatic heterocycles. The first-order chi connectivity index (χ1) is 16.5. The fourth-order valence-electron chi connectivity index (χ4n) is 2.72. The van der Waals surface area contributed by atoms with Crippen LogP contribution in [0.2, 0.25) is 0 Å². The summed E-state index contributed by atoms with van der Waals surface area (Å²) in [4.78, 5) is 8.52. The number of nitrogens with zero attached hydrogens (tertiary/aromatic N) is 3. The lowest BCUT2D eigenvalue weighted by Crippen LogP contribution is -2.24. The van der Waals surface area contributed by atoms with Crippen molar-refractivity contribution in [2.45, 2.75) is 74.0 Å². The van der Waals surface area contributed by atoms with Gasteiger partial charge in [0, 0.05) is 18.7 Å². The second kappa shape index (κ2) is 15.6. The highest BCUT2D eigenvalue weighted by molar-refractivity contribution is 8.29. The van der Waals surface area contributed by atoms with E-state index < -0.39 is 10.3 Å². The topological polar surface area (TPSA) is 53.1 Å². The largest absolute Gasteiger partial charge is 0.441 e. The van der Waals surface area contributed by atoms with Crippen molar-refractivity contribution in [1.82, 2.24) is 14.5 Å². The average Bonchev–Trinajstić information content (AvgIpc) is 3.35. The molecule has 0 aliphatic heterocycles. The van der Waals surface area contributed by atoms with Gasteiger partial charge in [0.1, 0.15) is 11.3 Å². The number of hydrogen-bond donors (Lipinski definition) is 0. The number of benzene rings is 2. The Morgan fingerprint density at radius 1 is 0.857 bits per heavy atom. The van der Waals surface area contributed by atoms with Crippen molar-refractivity contribution in [3.63, 3.8) is 0 Å². The minimum atomic E-state index is -0.848. The predicted molar refractivity (Wildman–Crippen MR) is 158 cm³/mol. The van der Waals surface area contributed by atoms with Crippen LogP contribution in [0.25, 0.3) is 22.1 Å². The van der Waals surface area contributed by atoms with Gasteiger partial charge < -0.3 is 13.2 Å². The molecule has 0 aliphatic rings. The Bertz CT molecular complexity index is 1070. The molecule has 0 unspecified atom stereocenters. The summed E-state index contributed by atoms with van der Waals surface area (Å²) in [5, 5.41) is 0. The van der Waals surface area contributed by atoms with E-state index in [2.05, 4.69) is 60.8 Å². The van der Waals surface area contributed by atoms with Crippen molar-refractivity contribution in [2.24, 2.45) is 7.05 Å². The van der Waals surface area contributed by atoms with Crippen LogP contribution in [0.1, 0.15) is 67.1 Å². The first-order valence-corrected chi connectivity index (χ1v) is 14.9. The van der Waals surface area contributed by atoms with Gasteiger partial charge in [-0.2, -0.15) is 0 Å².